The van der Waals surface area contributed by atoms with Gasteiger partial charge in [-0.15, -0.1) is 0 Å². The molecule has 2 aromatic rings. The maximum Gasteiger partial charge on any atom is 0.141 e. The molecule has 0 spiro atoms. The molecule has 1 atom stereocenters. The van der Waals surface area contributed by atoms with Crippen molar-refractivity contribution in [1.29, 1.82) is 0 Å². The number of hydrogen-bond acceptors (Lipinski definition) is 2. The molecular weight excluding hydrogens is 253 g/mol. The summed E-state index contributed by atoms with van der Waals surface area (Å²) < 4.78 is 15.2. The molecule has 108 valence electrons. The maximum absolute atomic E-state index is 13.1. The summed E-state index contributed by atoms with van der Waals surface area (Å²) in [6.07, 6.45) is 7.09. The smallest absolute Gasteiger partial charge is 0.141 e. The van der Waals surface area contributed by atoms with Crippen molar-refractivity contribution in [2.45, 2.75) is 33.4 Å². The van der Waals surface area contributed by atoms with Crippen molar-refractivity contribution in [3.8, 4) is 0 Å². The van der Waals surface area contributed by atoms with Gasteiger partial charge in [-0.2, -0.15) is 0 Å². The Bertz CT molecular complexity index is 548. The second-order valence-electron chi connectivity index (χ2n) is 5.41. The lowest BCUT2D eigenvalue weighted by atomic mass is 9.98. The molecule has 2 rings (SSSR count). The SMILES string of the molecule is CCNC(c1ccn(Cc2cncc(F)c2)c1)C(C)C. The molecule has 0 aliphatic rings. The largest absolute Gasteiger partial charge is 0.350 e. The Labute approximate surface area is 119 Å². The van der Waals surface area contributed by atoms with Gasteiger partial charge >= 0.3 is 0 Å². The zero-order valence-electron chi connectivity index (χ0n) is 12.3. The van der Waals surface area contributed by atoms with E-state index >= 15 is 0 Å². The van der Waals surface area contributed by atoms with Crippen molar-refractivity contribution in [2.75, 3.05) is 6.54 Å². The number of halogens is 1. The molecule has 0 aliphatic carbocycles. The van der Waals surface area contributed by atoms with Gasteiger partial charge in [-0.1, -0.05) is 20.8 Å². The topological polar surface area (TPSA) is 29.9 Å². The van der Waals surface area contributed by atoms with Crippen molar-refractivity contribution in [1.82, 2.24) is 14.9 Å². The molecular formula is C16H22FN3. The third kappa shape index (κ3) is 3.67. The Morgan fingerprint density at radius 3 is 2.80 bits per heavy atom. The van der Waals surface area contributed by atoms with Crippen LogP contribution in [0.25, 0.3) is 0 Å². The van der Waals surface area contributed by atoms with Crippen LogP contribution in [0.2, 0.25) is 0 Å². The van der Waals surface area contributed by atoms with E-state index < -0.39 is 0 Å². The number of hydrogen-bond donors (Lipinski definition) is 1. The monoisotopic (exact) mass is 275 g/mol. The minimum Gasteiger partial charge on any atom is -0.350 e. The zero-order chi connectivity index (χ0) is 14.5. The molecule has 2 heterocycles. The predicted molar refractivity (Wildman–Crippen MR) is 79.0 cm³/mol. The van der Waals surface area contributed by atoms with Crippen LogP contribution >= 0.6 is 0 Å². The molecule has 20 heavy (non-hydrogen) atoms. The van der Waals surface area contributed by atoms with Gasteiger partial charge in [-0.05, 0) is 35.7 Å². The van der Waals surface area contributed by atoms with Gasteiger partial charge in [0.1, 0.15) is 5.82 Å². The molecule has 2 aromatic heterocycles. The normalized spacial score (nSPS) is 12.8. The zero-order valence-corrected chi connectivity index (χ0v) is 12.3. The first kappa shape index (κ1) is 14.7. The highest BCUT2D eigenvalue weighted by Gasteiger charge is 2.15. The highest BCUT2D eigenvalue weighted by Crippen LogP contribution is 2.22. The fraction of sp³-hybridized carbons (Fsp3) is 0.438. The minimum atomic E-state index is -0.289. The molecule has 0 radical (unpaired) electrons. The summed E-state index contributed by atoms with van der Waals surface area (Å²) in [6, 6.07) is 4.00. The third-order valence-corrected chi connectivity index (χ3v) is 3.35. The standard InChI is InChI=1S/C16H22FN3/c1-4-19-16(12(2)3)14-5-6-20(11-14)10-13-7-15(17)9-18-8-13/h5-9,11-12,16,19H,4,10H2,1-3H3. The first-order valence-electron chi connectivity index (χ1n) is 7.08. The van der Waals surface area contributed by atoms with Gasteiger partial charge in [0.25, 0.3) is 0 Å². The van der Waals surface area contributed by atoms with Crippen LogP contribution in [0.3, 0.4) is 0 Å². The molecule has 1 N–H and O–H groups in total. The van der Waals surface area contributed by atoms with Crippen LogP contribution in [-0.4, -0.2) is 16.1 Å². The number of rotatable bonds is 6. The van der Waals surface area contributed by atoms with Crippen LogP contribution in [0.1, 0.15) is 37.9 Å². The van der Waals surface area contributed by atoms with Crippen LogP contribution in [0, 0.1) is 11.7 Å². The van der Waals surface area contributed by atoms with Gasteiger partial charge in [0, 0.05) is 31.2 Å². The predicted octanol–water partition coefficient (Wildman–Crippen LogP) is 3.38. The van der Waals surface area contributed by atoms with Gasteiger partial charge in [-0.3, -0.25) is 4.98 Å². The summed E-state index contributed by atoms with van der Waals surface area (Å²) in [6.45, 7) is 8.12. The Balaban J connectivity index is 2.12. The summed E-state index contributed by atoms with van der Waals surface area (Å²) in [7, 11) is 0. The molecule has 4 heteroatoms. The molecule has 0 amide bonds. The van der Waals surface area contributed by atoms with Crippen molar-refractivity contribution in [3.05, 3.63) is 53.9 Å². The molecule has 0 bridgehead atoms. The summed E-state index contributed by atoms with van der Waals surface area (Å²) in [5.41, 5.74) is 2.14. The van der Waals surface area contributed by atoms with E-state index in [2.05, 4.69) is 47.9 Å². The highest BCUT2D eigenvalue weighted by atomic mass is 19.1. The summed E-state index contributed by atoms with van der Waals surface area (Å²) >= 11 is 0. The first-order chi connectivity index (χ1) is 9.60. The van der Waals surface area contributed by atoms with E-state index in [1.165, 1.54) is 17.8 Å². The van der Waals surface area contributed by atoms with E-state index in [1.54, 1.807) is 6.20 Å². The second-order valence-corrected chi connectivity index (χ2v) is 5.41. The fourth-order valence-corrected chi connectivity index (χ4v) is 2.45. The van der Waals surface area contributed by atoms with Gasteiger partial charge in [-0.25, -0.2) is 4.39 Å². The average molecular weight is 275 g/mol. The van der Waals surface area contributed by atoms with Gasteiger partial charge < -0.3 is 9.88 Å². The van der Waals surface area contributed by atoms with Crippen molar-refractivity contribution in [3.63, 3.8) is 0 Å². The number of aromatic nitrogens is 2. The van der Waals surface area contributed by atoms with E-state index in [-0.39, 0.29) is 5.82 Å². The number of nitrogens with one attached hydrogen (secondary N) is 1. The molecule has 0 aromatic carbocycles. The number of nitrogens with zero attached hydrogens (tertiary/aromatic N) is 2. The van der Waals surface area contributed by atoms with Crippen LogP contribution in [0.4, 0.5) is 4.39 Å². The van der Waals surface area contributed by atoms with Crippen molar-refractivity contribution >= 4 is 0 Å². The van der Waals surface area contributed by atoms with E-state index in [9.17, 15) is 4.39 Å². The minimum absolute atomic E-state index is 0.289. The molecule has 0 saturated carbocycles. The lowest BCUT2D eigenvalue weighted by Crippen LogP contribution is -2.25. The van der Waals surface area contributed by atoms with Crippen LogP contribution < -0.4 is 5.32 Å². The van der Waals surface area contributed by atoms with Gasteiger partial charge in [0.15, 0.2) is 0 Å². The maximum atomic E-state index is 13.1. The molecule has 3 nitrogen and oxygen atoms in total. The van der Waals surface area contributed by atoms with Crippen LogP contribution in [-0.2, 0) is 6.54 Å². The molecule has 0 saturated heterocycles. The Morgan fingerprint density at radius 2 is 2.15 bits per heavy atom. The lowest BCUT2D eigenvalue weighted by Gasteiger charge is -2.20. The van der Waals surface area contributed by atoms with Gasteiger partial charge in [0.2, 0.25) is 0 Å². The summed E-state index contributed by atoms with van der Waals surface area (Å²) in [4.78, 5) is 3.88. The lowest BCUT2D eigenvalue weighted by molar-refractivity contribution is 0.421. The van der Waals surface area contributed by atoms with Gasteiger partial charge in [0.05, 0.1) is 6.20 Å². The molecule has 1 unspecified atom stereocenters. The van der Waals surface area contributed by atoms with Crippen LogP contribution in [0.5, 0.6) is 0 Å². The van der Waals surface area contributed by atoms with Crippen molar-refractivity contribution < 1.29 is 4.39 Å². The average Bonchev–Trinajstić information content (AvgIpc) is 2.83. The Hall–Kier alpha value is -1.68. The fourth-order valence-electron chi connectivity index (χ4n) is 2.45. The summed E-state index contributed by atoms with van der Waals surface area (Å²) in [5, 5.41) is 3.50. The van der Waals surface area contributed by atoms with Crippen LogP contribution in [0.15, 0.2) is 36.9 Å². The van der Waals surface area contributed by atoms with E-state index in [4.69, 9.17) is 0 Å². The second kappa shape index (κ2) is 6.66. The quantitative estimate of drug-likeness (QED) is 0.876. The van der Waals surface area contributed by atoms with E-state index in [1.807, 2.05) is 6.20 Å². The molecule has 0 fully saturated rings. The summed E-state index contributed by atoms with van der Waals surface area (Å²) in [5.74, 6) is 0.240. The molecule has 0 aliphatic heterocycles. The highest BCUT2D eigenvalue weighted by molar-refractivity contribution is 5.18. The Kier molecular flexibility index (Phi) is 4.90. The van der Waals surface area contributed by atoms with E-state index in [0.717, 1.165) is 12.1 Å². The van der Waals surface area contributed by atoms with Crippen molar-refractivity contribution in [2.24, 2.45) is 5.92 Å². The first-order valence-corrected chi connectivity index (χ1v) is 7.08. The third-order valence-electron chi connectivity index (χ3n) is 3.35. The Morgan fingerprint density at radius 1 is 1.35 bits per heavy atom. The number of pyridine rings is 1. The van der Waals surface area contributed by atoms with E-state index in [0.29, 0.717) is 18.5 Å².